The molecule has 1 atom stereocenters. The fourth-order valence-electron chi connectivity index (χ4n) is 2.42. The number of carboxylic acids is 1. The molecule has 2 amide bonds. The van der Waals surface area contributed by atoms with E-state index in [0.29, 0.717) is 5.75 Å². The van der Waals surface area contributed by atoms with Gasteiger partial charge in [0.2, 0.25) is 0 Å². The van der Waals surface area contributed by atoms with E-state index in [4.69, 9.17) is 15.6 Å². The summed E-state index contributed by atoms with van der Waals surface area (Å²) in [5.41, 5.74) is 6.25. The number of carboxylic acid groups (broad SMARTS) is 1. The van der Waals surface area contributed by atoms with Gasteiger partial charge in [-0.15, -0.1) is 0 Å². The van der Waals surface area contributed by atoms with Crippen LogP contribution in [0.2, 0.25) is 0 Å². The van der Waals surface area contributed by atoms with Crippen molar-refractivity contribution in [3.05, 3.63) is 65.2 Å². The van der Waals surface area contributed by atoms with Gasteiger partial charge in [-0.05, 0) is 42.3 Å². The predicted molar refractivity (Wildman–Crippen MR) is 94.8 cm³/mol. The number of amides is 2. The Labute approximate surface area is 158 Å². The maximum absolute atomic E-state index is 14.2. The number of halogens is 1. The van der Waals surface area contributed by atoms with E-state index in [-0.39, 0.29) is 23.5 Å². The monoisotopic (exact) mass is 386 g/mol. The van der Waals surface area contributed by atoms with Gasteiger partial charge in [0.25, 0.3) is 5.91 Å². The summed E-state index contributed by atoms with van der Waals surface area (Å²) in [5, 5.41) is 10.7. The van der Waals surface area contributed by atoms with Crippen molar-refractivity contribution in [1.82, 2.24) is 5.32 Å². The van der Waals surface area contributed by atoms with Crippen LogP contribution in [0.4, 0.5) is 9.18 Å². The number of carbonyl (C=O) groups excluding carboxylic acids is 2. The summed E-state index contributed by atoms with van der Waals surface area (Å²) in [6.07, 6.45) is 0.371. The molecule has 3 rings (SSSR count). The van der Waals surface area contributed by atoms with Crippen LogP contribution in [0.1, 0.15) is 11.1 Å². The Kier molecular flexibility index (Phi) is 5.37. The highest BCUT2D eigenvalue weighted by atomic mass is 19.1. The number of benzene rings is 2. The molecule has 0 spiro atoms. The summed E-state index contributed by atoms with van der Waals surface area (Å²) in [4.78, 5) is 33.2. The Morgan fingerprint density at radius 2 is 1.89 bits per heavy atom. The van der Waals surface area contributed by atoms with Crippen molar-refractivity contribution in [2.75, 3.05) is 0 Å². The van der Waals surface area contributed by atoms with Crippen LogP contribution >= 0.6 is 0 Å². The average molecular weight is 386 g/mol. The molecule has 2 aromatic rings. The van der Waals surface area contributed by atoms with Gasteiger partial charge >= 0.3 is 12.1 Å². The quantitative estimate of drug-likeness (QED) is 0.649. The molecule has 1 aliphatic heterocycles. The van der Waals surface area contributed by atoms with Crippen LogP contribution in [-0.4, -0.2) is 29.1 Å². The maximum atomic E-state index is 14.2. The number of imide groups is 1. The van der Waals surface area contributed by atoms with Crippen molar-refractivity contribution in [3.63, 3.8) is 0 Å². The van der Waals surface area contributed by atoms with Crippen molar-refractivity contribution in [2.45, 2.75) is 12.5 Å². The van der Waals surface area contributed by atoms with E-state index < -0.39 is 29.8 Å². The first-order chi connectivity index (χ1) is 13.3. The van der Waals surface area contributed by atoms with E-state index in [0.717, 1.165) is 17.7 Å². The van der Waals surface area contributed by atoms with Gasteiger partial charge in [0.05, 0.1) is 0 Å². The number of carbonyl (C=O) groups is 3. The molecular weight excluding hydrogens is 371 g/mol. The van der Waals surface area contributed by atoms with Gasteiger partial charge in [0, 0.05) is 11.6 Å². The minimum Gasteiger partial charge on any atom is -0.480 e. The average Bonchev–Trinajstić information content (AvgIpc) is 2.96. The first-order valence-corrected chi connectivity index (χ1v) is 8.11. The standard InChI is InChI=1S/C19H15FN2O6/c20-14-9-13(6-3-11(14)8-16-17(23)22-19(26)28-16)27-12-4-1-10(2-5-12)7-15(21)18(24)25/h1-6,8-9,15H,7,21H2,(H,24,25)(H,22,23,26)/b16-8-. The molecule has 0 aliphatic carbocycles. The summed E-state index contributed by atoms with van der Waals surface area (Å²) in [6.45, 7) is 0. The molecule has 1 fully saturated rings. The lowest BCUT2D eigenvalue weighted by atomic mass is 10.1. The molecular formula is C19H15FN2O6. The largest absolute Gasteiger partial charge is 0.480 e. The molecule has 2 aromatic carbocycles. The van der Waals surface area contributed by atoms with Gasteiger partial charge in [-0.25, -0.2) is 9.18 Å². The van der Waals surface area contributed by atoms with Crippen molar-refractivity contribution < 1.29 is 33.4 Å². The van der Waals surface area contributed by atoms with Crippen LogP contribution < -0.4 is 15.8 Å². The normalized spacial score (nSPS) is 15.9. The Hall–Kier alpha value is -3.72. The first-order valence-electron chi connectivity index (χ1n) is 8.11. The SMILES string of the molecule is NC(Cc1ccc(Oc2ccc(/C=C3\OC(=O)NC3=O)c(F)c2)cc1)C(=O)O. The number of nitrogens with two attached hydrogens (primary N) is 1. The third-order valence-corrected chi connectivity index (χ3v) is 3.83. The summed E-state index contributed by atoms with van der Waals surface area (Å²) < 4.78 is 24.4. The Morgan fingerprint density at radius 3 is 2.46 bits per heavy atom. The van der Waals surface area contributed by atoms with E-state index in [2.05, 4.69) is 4.74 Å². The molecule has 8 nitrogen and oxygen atoms in total. The van der Waals surface area contributed by atoms with Gasteiger partial charge in [-0.3, -0.25) is 14.9 Å². The molecule has 1 saturated heterocycles. The van der Waals surface area contributed by atoms with Crippen molar-refractivity contribution in [2.24, 2.45) is 5.73 Å². The zero-order chi connectivity index (χ0) is 20.3. The second-order valence-electron chi connectivity index (χ2n) is 5.93. The fourth-order valence-corrected chi connectivity index (χ4v) is 2.42. The van der Waals surface area contributed by atoms with Gasteiger partial charge in [-0.1, -0.05) is 12.1 Å². The number of alkyl carbamates (subject to hydrolysis) is 1. The molecule has 144 valence electrons. The first kappa shape index (κ1) is 19.1. The Morgan fingerprint density at radius 1 is 1.21 bits per heavy atom. The molecule has 0 saturated carbocycles. The smallest absolute Gasteiger partial charge is 0.419 e. The minimum absolute atomic E-state index is 0.0465. The van der Waals surface area contributed by atoms with Gasteiger partial charge < -0.3 is 20.3 Å². The molecule has 9 heteroatoms. The molecule has 1 aliphatic rings. The molecule has 28 heavy (non-hydrogen) atoms. The summed E-state index contributed by atoms with van der Waals surface area (Å²) >= 11 is 0. The number of rotatable bonds is 6. The van der Waals surface area contributed by atoms with Gasteiger partial charge in [0.15, 0.2) is 5.76 Å². The van der Waals surface area contributed by atoms with Crippen molar-refractivity contribution >= 4 is 24.0 Å². The van der Waals surface area contributed by atoms with E-state index in [1.54, 1.807) is 24.3 Å². The van der Waals surface area contributed by atoms with Crippen LogP contribution in [0.15, 0.2) is 48.2 Å². The number of ether oxygens (including phenoxy) is 2. The minimum atomic E-state index is -1.09. The van der Waals surface area contributed by atoms with E-state index in [1.807, 2.05) is 5.32 Å². The molecule has 1 heterocycles. The Bertz CT molecular complexity index is 971. The molecule has 1 unspecified atom stereocenters. The highest BCUT2D eigenvalue weighted by molar-refractivity contribution is 6.09. The van der Waals surface area contributed by atoms with Crippen molar-refractivity contribution in [1.29, 1.82) is 0 Å². The van der Waals surface area contributed by atoms with Crippen LogP contribution in [-0.2, 0) is 20.7 Å². The van der Waals surface area contributed by atoms with Crippen LogP contribution in [0.5, 0.6) is 11.5 Å². The lowest BCUT2D eigenvalue weighted by Gasteiger charge is -2.09. The van der Waals surface area contributed by atoms with Crippen LogP contribution in [0.25, 0.3) is 6.08 Å². The van der Waals surface area contributed by atoms with Gasteiger partial charge in [0.1, 0.15) is 23.4 Å². The zero-order valence-corrected chi connectivity index (χ0v) is 14.3. The number of cyclic esters (lactones) is 1. The number of aliphatic carboxylic acids is 1. The number of hydrogen-bond donors (Lipinski definition) is 3. The van der Waals surface area contributed by atoms with E-state index in [1.165, 1.54) is 12.1 Å². The summed E-state index contributed by atoms with van der Waals surface area (Å²) in [5.74, 6) is -2.18. The second-order valence-corrected chi connectivity index (χ2v) is 5.93. The lowest BCUT2D eigenvalue weighted by Crippen LogP contribution is -2.32. The third-order valence-electron chi connectivity index (χ3n) is 3.83. The Balaban J connectivity index is 1.69. The third kappa shape index (κ3) is 4.51. The zero-order valence-electron chi connectivity index (χ0n) is 14.3. The maximum Gasteiger partial charge on any atom is 0.419 e. The van der Waals surface area contributed by atoms with Crippen LogP contribution in [0, 0.1) is 5.82 Å². The fraction of sp³-hybridized carbons (Fsp3) is 0.105. The summed E-state index contributed by atoms with van der Waals surface area (Å²) in [7, 11) is 0. The van der Waals surface area contributed by atoms with E-state index >= 15 is 0 Å². The number of nitrogens with one attached hydrogen (secondary N) is 1. The molecule has 0 bridgehead atoms. The summed E-state index contributed by atoms with van der Waals surface area (Å²) in [6, 6.07) is 9.54. The topological polar surface area (TPSA) is 128 Å². The molecule has 0 aromatic heterocycles. The van der Waals surface area contributed by atoms with E-state index in [9.17, 15) is 18.8 Å². The predicted octanol–water partition coefficient (Wildman–Crippen LogP) is 2.18. The lowest BCUT2D eigenvalue weighted by molar-refractivity contribution is -0.138. The second kappa shape index (κ2) is 7.89. The van der Waals surface area contributed by atoms with Gasteiger partial charge in [-0.2, -0.15) is 0 Å². The molecule has 0 radical (unpaired) electrons. The highest BCUT2D eigenvalue weighted by Gasteiger charge is 2.26. The highest BCUT2D eigenvalue weighted by Crippen LogP contribution is 2.25. The van der Waals surface area contributed by atoms with Crippen molar-refractivity contribution in [3.8, 4) is 11.5 Å². The van der Waals surface area contributed by atoms with Crippen LogP contribution in [0.3, 0.4) is 0 Å². The molecule has 4 N–H and O–H groups in total. The number of hydrogen-bond acceptors (Lipinski definition) is 6.